The van der Waals surface area contributed by atoms with E-state index in [1.807, 2.05) is 0 Å². The highest BCUT2D eigenvalue weighted by molar-refractivity contribution is 7.94. The third-order valence-corrected chi connectivity index (χ3v) is 7.25. The largest absolute Gasteiger partial charge is 0.497 e. The van der Waals surface area contributed by atoms with Gasteiger partial charge in [-0.25, -0.2) is 8.42 Å². The number of methoxy groups -OCH3 is 1. The summed E-state index contributed by atoms with van der Waals surface area (Å²) >= 11 is 1.09. The van der Waals surface area contributed by atoms with E-state index in [0.29, 0.717) is 5.75 Å². The molecule has 3 rings (SSSR count). The fourth-order valence-corrected chi connectivity index (χ4v) is 4.82. The lowest BCUT2D eigenvalue weighted by Crippen LogP contribution is -2.41. The number of carbonyl (C=O) groups excluding carboxylic acids is 2. The van der Waals surface area contributed by atoms with E-state index in [1.165, 1.54) is 19.1 Å². The Labute approximate surface area is 196 Å². The molecule has 2 amide bonds. The number of hydrogen-bond donors (Lipinski definition) is 3. The van der Waals surface area contributed by atoms with Gasteiger partial charge in [0, 0.05) is 6.08 Å². The molecule has 0 saturated heterocycles. The second-order valence-corrected chi connectivity index (χ2v) is 9.77. The SMILES string of the molecule is COc1ccc(/C=C/C(=O)NC(C)C(=O)Nc2ccccc2NS(=O)(=O)c2cccs2)cc1. The van der Waals surface area contributed by atoms with Crippen LogP contribution >= 0.6 is 11.3 Å². The average Bonchev–Trinajstić information content (AvgIpc) is 3.35. The van der Waals surface area contributed by atoms with Crippen molar-refractivity contribution in [2.24, 2.45) is 0 Å². The lowest BCUT2D eigenvalue weighted by atomic mass is 10.2. The molecule has 1 atom stereocenters. The van der Waals surface area contributed by atoms with Crippen molar-refractivity contribution in [3.05, 3.63) is 77.7 Å². The van der Waals surface area contributed by atoms with E-state index in [9.17, 15) is 18.0 Å². The molecule has 0 aliphatic rings. The zero-order valence-corrected chi connectivity index (χ0v) is 19.6. The number of sulfonamides is 1. The highest BCUT2D eigenvalue weighted by Crippen LogP contribution is 2.26. The predicted molar refractivity (Wildman–Crippen MR) is 130 cm³/mol. The number of hydrogen-bond acceptors (Lipinski definition) is 6. The molecule has 1 heterocycles. The van der Waals surface area contributed by atoms with Gasteiger partial charge in [0.05, 0.1) is 18.5 Å². The smallest absolute Gasteiger partial charge is 0.271 e. The number of benzene rings is 2. The number of nitrogens with one attached hydrogen (secondary N) is 3. The molecular formula is C23H23N3O5S2. The van der Waals surface area contributed by atoms with Crippen molar-refractivity contribution in [1.82, 2.24) is 5.32 Å². The molecule has 0 aliphatic carbocycles. The standard InChI is InChI=1S/C23H23N3O5S2/c1-16(24-21(27)14-11-17-9-12-18(31-2)13-10-17)23(28)25-19-6-3-4-7-20(19)26-33(29,30)22-8-5-15-32-22/h3-16,26H,1-2H3,(H,24,27)(H,25,28)/b14-11+. The average molecular weight is 486 g/mol. The summed E-state index contributed by atoms with van der Waals surface area (Å²) in [5, 5.41) is 6.90. The molecule has 1 aromatic heterocycles. The van der Waals surface area contributed by atoms with Crippen LogP contribution in [0.1, 0.15) is 12.5 Å². The Morgan fingerprint density at radius 2 is 1.70 bits per heavy atom. The van der Waals surface area contributed by atoms with Crippen LogP contribution in [-0.4, -0.2) is 33.4 Å². The van der Waals surface area contributed by atoms with Gasteiger partial charge in [0.2, 0.25) is 11.8 Å². The molecule has 3 N–H and O–H groups in total. The van der Waals surface area contributed by atoms with Gasteiger partial charge in [-0.3, -0.25) is 14.3 Å². The minimum atomic E-state index is -3.78. The van der Waals surface area contributed by atoms with E-state index in [1.54, 1.807) is 73.2 Å². The minimum Gasteiger partial charge on any atom is -0.497 e. The summed E-state index contributed by atoms with van der Waals surface area (Å²) in [5.41, 5.74) is 1.30. The van der Waals surface area contributed by atoms with E-state index >= 15 is 0 Å². The first-order chi connectivity index (χ1) is 15.8. The number of carbonyl (C=O) groups is 2. The van der Waals surface area contributed by atoms with Gasteiger partial charge in [-0.1, -0.05) is 30.3 Å². The van der Waals surface area contributed by atoms with E-state index in [2.05, 4.69) is 15.4 Å². The highest BCUT2D eigenvalue weighted by Gasteiger charge is 2.19. The van der Waals surface area contributed by atoms with Crippen molar-refractivity contribution >= 4 is 50.6 Å². The highest BCUT2D eigenvalue weighted by atomic mass is 32.2. The summed E-state index contributed by atoms with van der Waals surface area (Å²) in [6, 6.07) is 15.8. The van der Waals surface area contributed by atoms with Crippen molar-refractivity contribution < 1.29 is 22.7 Å². The summed E-state index contributed by atoms with van der Waals surface area (Å²) in [5.74, 6) is -0.232. The van der Waals surface area contributed by atoms with Gasteiger partial charge < -0.3 is 15.4 Å². The Morgan fingerprint density at radius 1 is 1.00 bits per heavy atom. The molecule has 0 radical (unpaired) electrons. The summed E-state index contributed by atoms with van der Waals surface area (Å²) in [6.07, 6.45) is 2.95. The van der Waals surface area contributed by atoms with Gasteiger partial charge in [-0.05, 0) is 54.3 Å². The summed E-state index contributed by atoms with van der Waals surface area (Å²) in [7, 11) is -2.20. The maximum absolute atomic E-state index is 12.6. The molecule has 8 nitrogen and oxygen atoms in total. The number of amides is 2. The molecule has 1 unspecified atom stereocenters. The Balaban J connectivity index is 1.61. The topological polar surface area (TPSA) is 114 Å². The summed E-state index contributed by atoms with van der Waals surface area (Å²) in [6.45, 7) is 1.53. The third-order valence-electron chi connectivity index (χ3n) is 4.48. The van der Waals surface area contributed by atoms with Crippen LogP contribution in [0.2, 0.25) is 0 Å². The quantitative estimate of drug-likeness (QED) is 0.400. The van der Waals surface area contributed by atoms with Crippen molar-refractivity contribution in [2.75, 3.05) is 17.1 Å². The van der Waals surface area contributed by atoms with Crippen molar-refractivity contribution in [2.45, 2.75) is 17.2 Å². The molecule has 3 aromatic rings. The molecule has 172 valence electrons. The number of ether oxygens (including phenoxy) is 1. The van der Waals surface area contributed by atoms with Crippen LogP contribution < -0.4 is 20.1 Å². The van der Waals surface area contributed by atoms with Gasteiger partial charge in [-0.2, -0.15) is 0 Å². The molecule has 0 spiro atoms. The van der Waals surface area contributed by atoms with Crippen molar-refractivity contribution in [1.29, 1.82) is 0 Å². The van der Waals surface area contributed by atoms with E-state index in [4.69, 9.17) is 4.74 Å². The Morgan fingerprint density at radius 3 is 2.33 bits per heavy atom. The number of rotatable bonds is 9. The lowest BCUT2D eigenvalue weighted by molar-refractivity contribution is -0.123. The number of para-hydroxylation sites is 2. The molecule has 33 heavy (non-hydrogen) atoms. The van der Waals surface area contributed by atoms with Crippen LogP contribution in [0.4, 0.5) is 11.4 Å². The van der Waals surface area contributed by atoms with Gasteiger partial charge in [0.25, 0.3) is 10.0 Å². The first kappa shape index (κ1) is 24.0. The number of thiophene rings is 1. The molecule has 0 saturated carbocycles. The van der Waals surface area contributed by atoms with Gasteiger partial charge in [0.15, 0.2) is 0 Å². The van der Waals surface area contributed by atoms with E-state index < -0.39 is 27.9 Å². The minimum absolute atomic E-state index is 0.160. The van der Waals surface area contributed by atoms with E-state index in [-0.39, 0.29) is 15.6 Å². The molecule has 0 bridgehead atoms. The zero-order valence-electron chi connectivity index (χ0n) is 17.9. The summed E-state index contributed by atoms with van der Waals surface area (Å²) in [4.78, 5) is 24.8. The van der Waals surface area contributed by atoms with Gasteiger partial charge in [-0.15, -0.1) is 11.3 Å². The second kappa shape index (κ2) is 10.8. The maximum atomic E-state index is 12.6. The maximum Gasteiger partial charge on any atom is 0.271 e. The zero-order chi connectivity index (χ0) is 23.8. The van der Waals surface area contributed by atoms with Crippen LogP contribution in [-0.2, 0) is 19.6 Å². The first-order valence-corrected chi connectivity index (χ1v) is 12.2. The number of anilines is 2. The molecular weight excluding hydrogens is 462 g/mol. The lowest BCUT2D eigenvalue weighted by Gasteiger charge is -2.16. The Bertz CT molecular complexity index is 1240. The Kier molecular flexibility index (Phi) is 7.86. The van der Waals surface area contributed by atoms with Gasteiger partial charge >= 0.3 is 0 Å². The Hall–Kier alpha value is -3.63. The monoisotopic (exact) mass is 485 g/mol. The predicted octanol–water partition coefficient (Wildman–Crippen LogP) is 3.71. The summed E-state index contributed by atoms with van der Waals surface area (Å²) < 4.78 is 32.8. The molecule has 0 aliphatic heterocycles. The van der Waals surface area contributed by atoms with E-state index in [0.717, 1.165) is 16.9 Å². The van der Waals surface area contributed by atoms with Crippen LogP contribution in [0.3, 0.4) is 0 Å². The van der Waals surface area contributed by atoms with Crippen molar-refractivity contribution in [3.63, 3.8) is 0 Å². The van der Waals surface area contributed by atoms with Gasteiger partial charge in [0.1, 0.15) is 16.0 Å². The fraction of sp³-hybridized carbons (Fsp3) is 0.130. The van der Waals surface area contributed by atoms with Crippen molar-refractivity contribution in [3.8, 4) is 5.75 Å². The van der Waals surface area contributed by atoms with Crippen LogP contribution in [0.15, 0.2) is 76.3 Å². The second-order valence-electron chi connectivity index (χ2n) is 6.91. The van der Waals surface area contributed by atoms with Crippen LogP contribution in [0.5, 0.6) is 5.75 Å². The van der Waals surface area contributed by atoms with Crippen LogP contribution in [0, 0.1) is 0 Å². The third kappa shape index (κ3) is 6.67. The molecule has 0 fully saturated rings. The molecule has 2 aromatic carbocycles. The van der Waals surface area contributed by atoms with Crippen LogP contribution in [0.25, 0.3) is 6.08 Å². The first-order valence-electron chi connectivity index (χ1n) is 9.87. The normalized spacial score (nSPS) is 12.2. The fourth-order valence-electron chi connectivity index (χ4n) is 2.75. The molecule has 10 heteroatoms.